The molecule has 0 spiro atoms. The van der Waals surface area contributed by atoms with Gasteiger partial charge in [0.15, 0.2) is 0 Å². The van der Waals surface area contributed by atoms with Crippen molar-refractivity contribution >= 4 is 23.4 Å². The Morgan fingerprint density at radius 2 is 2.39 bits per heavy atom. The van der Waals surface area contributed by atoms with E-state index in [9.17, 15) is 4.79 Å². The van der Waals surface area contributed by atoms with Crippen molar-refractivity contribution in [1.82, 2.24) is 4.98 Å². The van der Waals surface area contributed by atoms with E-state index in [0.717, 1.165) is 6.54 Å². The van der Waals surface area contributed by atoms with Crippen LogP contribution in [-0.2, 0) is 0 Å². The van der Waals surface area contributed by atoms with Gasteiger partial charge in [0.25, 0.3) is 0 Å². The summed E-state index contributed by atoms with van der Waals surface area (Å²) in [6.45, 7) is 1.25. The van der Waals surface area contributed by atoms with Crippen molar-refractivity contribution in [3.63, 3.8) is 0 Å². The maximum atomic E-state index is 10.8. The minimum atomic E-state index is -1.04. The second-order valence-electron chi connectivity index (χ2n) is 4.36. The molecule has 0 aliphatic heterocycles. The number of carboxylic acids is 1. The number of terminal acetylenes is 1. The molecule has 1 aromatic heterocycles. The fourth-order valence-electron chi connectivity index (χ4n) is 1.73. The van der Waals surface area contributed by atoms with Crippen LogP contribution in [-0.4, -0.2) is 29.1 Å². The Kier molecular flexibility index (Phi) is 3.73. The Hall–Kier alpha value is -1.73. The minimum absolute atomic E-state index is 0.0795. The van der Waals surface area contributed by atoms with E-state index in [0.29, 0.717) is 23.3 Å². The van der Waals surface area contributed by atoms with Crippen LogP contribution in [0, 0.1) is 18.3 Å². The lowest BCUT2D eigenvalue weighted by molar-refractivity contribution is 0.0696. The molecule has 1 saturated carbocycles. The number of aromatic nitrogens is 1. The maximum absolute atomic E-state index is 10.8. The number of aromatic carboxylic acids is 1. The van der Waals surface area contributed by atoms with Gasteiger partial charge in [0.05, 0.1) is 17.1 Å². The third-order valence-corrected chi connectivity index (χ3v) is 3.10. The molecule has 94 valence electrons. The van der Waals surface area contributed by atoms with E-state index in [1.807, 2.05) is 4.90 Å². The van der Waals surface area contributed by atoms with E-state index in [1.165, 1.54) is 25.1 Å². The first-order chi connectivity index (χ1) is 8.61. The Bertz CT molecular complexity index is 506. The molecule has 5 heteroatoms. The lowest BCUT2D eigenvalue weighted by Crippen LogP contribution is -2.27. The number of rotatable bonds is 5. The summed E-state index contributed by atoms with van der Waals surface area (Å²) in [4.78, 5) is 16.8. The normalized spacial score (nSPS) is 14.0. The molecule has 2 rings (SSSR count). The van der Waals surface area contributed by atoms with Gasteiger partial charge in [-0.25, -0.2) is 9.78 Å². The average molecular weight is 265 g/mol. The van der Waals surface area contributed by atoms with E-state index < -0.39 is 5.97 Å². The molecule has 0 unspecified atom stereocenters. The van der Waals surface area contributed by atoms with Crippen LogP contribution in [0.5, 0.6) is 0 Å². The van der Waals surface area contributed by atoms with Crippen molar-refractivity contribution in [1.29, 1.82) is 0 Å². The van der Waals surface area contributed by atoms with E-state index in [2.05, 4.69) is 10.9 Å². The summed E-state index contributed by atoms with van der Waals surface area (Å²) in [6.07, 6.45) is 9.04. The van der Waals surface area contributed by atoms with Gasteiger partial charge >= 0.3 is 5.97 Å². The van der Waals surface area contributed by atoms with Crippen molar-refractivity contribution in [2.45, 2.75) is 12.8 Å². The largest absolute Gasteiger partial charge is 0.478 e. The highest BCUT2D eigenvalue weighted by Crippen LogP contribution is 2.32. The molecule has 1 N–H and O–H groups in total. The molecule has 1 aromatic rings. The Balaban J connectivity index is 2.23. The number of hydrogen-bond donors (Lipinski definition) is 1. The molecule has 0 bridgehead atoms. The zero-order valence-electron chi connectivity index (χ0n) is 9.77. The fourth-order valence-corrected chi connectivity index (χ4v) is 2.01. The maximum Gasteiger partial charge on any atom is 0.337 e. The first-order valence-electron chi connectivity index (χ1n) is 5.69. The van der Waals surface area contributed by atoms with Crippen molar-refractivity contribution in [2.24, 2.45) is 5.92 Å². The quantitative estimate of drug-likeness (QED) is 0.829. The van der Waals surface area contributed by atoms with Crippen LogP contribution < -0.4 is 4.90 Å². The lowest BCUT2D eigenvalue weighted by atomic mass is 10.2. The van der Waals surface area contributed by atoms with Gasteiger partial charge in [0.1, 0.15) is 5.82 Å². The Morgan fingerprint density at radius 3 is 2.89 bits per heavy atom. The van der Waals surface area contributed by atoms with Crippen molar-refractivity contribution < 1.29 is 9.90 Å². The highest BCUT2D eigenvalue weighted by molar-refractivity contribution is 6.33. The molecular formula is C13H13ClN2O2. The zero-order chi connectivity index (χ0) is 13.1. The first-order valence-corrected chi connectivity index (χ1v) is 6.07. The van der Waals surface area contributed by atoms with Crippen LogP contribution in [0.3, 0.4) is 0 Å². The van der Waals surface area contributed by atoms with Crippen LogP contribution in [0.1, 0.15) is 23.2 Å². The number of nitrogens with zero attached hydrogens (tertiary/aromatic N) is 2. The molecule has 0 radical (unpaired) electrons. The Morgan fingerprint density at radius 1 is 1.67 bits per heavy atom. The second-order valence-corrected chi connectivity index (χ2v) is 4.77. The predicted octanol–water partition coefficient (Wildman–Crippen LogP) is 2.28. The summed E-state index contributed by atoms with van der Waals surface area (Å²) in [5.41, 5.74) is 0.0795. The van der Waals surface area contributed by atoms with Gasteiger partial charge in [-0.3, -0.25) is 0 Å². The average Bonchev–Trinajstić information content (AvgIpc) is 3.12. The number of pyridine rings is 1. The van der Waals surface area contributed by atoms with Crippen molar-refractivity contribution in [2.75, 3.05) is 18.0 Å². The van der Waals surface area contributed by atoms with Crippen LogP contribution in [0.2, 0.25) is 5.02 Å². The van der Waals surface area contributed by atoms with E-state index in [-0.39, 0.29) is 5.56 Å². The zero-order valence-corrected chi connectivity index (χ0v) is 10.5. The Labute approximate surface area is 111 Å². The van der Waals surface area contributed by atoms with Gasteiger partial charge in [-0.2, -0.15) is 0 Å². The molecule has 0 saturated heterocycles. The third kappa shape index (κ3) is 2.93. The molecule has 0 aromatic carbocycles. The summed E-state index contributed by atoms with van der Waals surface area (Å²) in [5, 5.41) is 9.18. The molecule has 18 heavy (non-hydrogen) atoms. The van der Waals surface area contributed by atoms with Crippen LogP contribution in [0.25, 0.3) is 0 Å². The van der Waals surface area contributed by atoms with Gasteiger partial charge in [-0.1, -0.05) is 17.5 Å². The third-order valence-electron chi connectivity index (χ3n) is 2.83. The molecule has 1 aliphatic carbocycles. The van der Waals surface area contributed by atoms with Gasteiger partial charge in [0, 0.05) is 12.7 Å². The number of anilines is 1. The summed E-state index contributed by atoms with van der Waals surface area (Å²) in [7, 11) is 0. The van der Waals surface area contributed by atoms with Crippen LogP contribution >= 0.6 is 11.6 Å². The minimum Gasteiger partial charge on any atom is -0.478 e. The monoisotopic (exact) mass is 264 g/mol. The fraction of sp³-hybridized carbons (Fsp3) is 0.385. The van der Waals surface area contributed by atoms with Gasteiger partial charge < -0.3 is 10.0 Å². The highest BCUT2D eigenvalue weighted by Gasteiger charge is 2.25. The number of hydrogen-bond acceptors (Lipinski definition) is 3. The number of halogens is 1. The van der Waals surface area contributed by atoms with E-state index in [4.69, 9.17) is 23.1 Å². The number of carbonyl (C=O) groups is 1. The van der Waals surface area contributed by atoms with Gasteiger partial charge in [-0.15, -0.1) is 6.42 Å². The molecular weight excluding hydrogens is 252 g/mol. The molecule has 0 atom stereocenters. The van der Waals surface area contributed by atoms with E-state index in [1.54, 1.807) is 0 Å². The smallest absolute Gasteiger partial charge is 0.337 e. The summed E-state index contributed by atoms with van der Waals surface area (Å²) in [6, 6.07) is 1.41. The molecule has 1 fully saturated rings. The summed E-state index contributed by atoms with van der Waals surface area (Å²) in [5.74, 6) is 2.74. The molecule has 4 nitrogen and oxygen atoms in total. The van der Waals surface area contributed by atoms with E-state index >= 15 is 0 Å². The SMILES string of the molecule is C#CCN(CC1CC1)c1ncc(C(=O)O)cc1Cl. The van der Waals surface area contributed by atoms with Crippen LogP contribution in [0.4, 0.5) is 5.82 Å². The van der Waals surface area contributed by atoms with Crippen molar-refractivity contribution in [3.8, 4) is 12.3 Å². The molecule has 0 amide bonds. The standard InChI is InChI=1S/C13H13ClN2O2/c1-2-5-16(8-9-3-4-9)12-11(14)6-10(7-15-12)13(17)18/h1,6-7,9H,3-5,8H2,(H,17,18). The lowest BCUT2D eigenvalue weighted by Gasteiger charge is -2.22. The number of carboxylic acid groups (broad SMARTS) is 1. The summed E-state index contributed by atoms with van der Waals surface area (Å²) >= 11 is 6.07. The second kappa shape index (κ2) is 5.28. The molecule has 1 aliphatic rings. The van der Waals surface area contributed by atoms with Crippen LogP contribution in [0.15, 0.2) is 12.3 Å². The molecule has 1 heterocycles. The first kappa shape index (κ1) is 12.7. The highest BCUT2D eigenvalue weighted by atomic mass is 35.5. The van der Waals surface area contributed by atoms with Gasteiger partial charge in [0.2, 0.25) is 0 Å². The van der Waals surface area contributed by atoms with Gasteiger partial charge in [-0.05, 0) is 24.8 Å². The van der Waals surface area contributed by atoms with Crippen molar-refractivity contribution in [3.05, 3.63) is 22.8 Å². The topological polar surface area (TPSA) is 53.4 Å². The summed E-state index contributed by atoms with van der Waals surface area (Å²) < 4.78 is 0. The predicted molar refractivity (Wildman–Crippen MR) is 70.0 cm³/mol.